The van der Waals surface area contributed by atoms with Crippen LogP contribution in [-0.2, 0) is 23.7 Å². The summed E-state index contributed by atoms with van der Waals surface area (Å²) in [6, 6.07) is 13.5. The predicted molar refractivity (Wildman–Crippen MR) is 110 cm³/mol. The van der Waals surface area contributed by atoms with E-state index in [1.54, 1.807) is 11.6 Å². The van der Waals surface area contributed by atoms with Gasteiger partial charge in [0.2, 0.25) is 0 Å². The summed E-state index contributed by atoms with van der Waals surface area (Å²) in [5.41, 5.74) is 3.57. The number of sulfonamides is 1. The van der Waals surface area contributed by atoms with Crippen LogP contribution in [0.15, 0.2) is 60.0 Å². The molecule has 0 saturated carbocycles. The molecule has 1 aliphatic rings. The van der Waals surface area contributed by atoms with Crippen molar-refractivity contribution in [1.29, 1.82) is 0 Å². The molecule has 8 heteroatoms. The molecule has 0 radical (unpaired) electrons. The Bertz CT molecular complexity index is 1090. The van der Waals surface area contributed by atoms with Crippen molar-refractivity contribution < 1.29 is 13.5 Å². The van der Waals surface area contributed by atoms with Crippen LogP contribution in [0.5, 0.6) is 0 Å². The van der Waals surface area contributed by atoms with Crippen LogP contribution in [0, 0.1) is 0 Å². The minimum Gasteiger partial charge on any atom is -0.392 e. The molecule has 4 rings (SSSR count). The second kappa shape index (κ2) is 8.06. The zero-order chi connectivity index (χ0) is 20.4. The Morgan fingerprint density at radius 3 is 2.66 bits per heavy atom. The van der Waals surface area contributed by atoms with Crippen molar-refractivity contribution in [3.63, 3.8) is 0 Å². The van der Waals surface area contributed by atoms with Gasteiger partial charge in [-0.1, -0.05) is 30.3 Å². The second-order valence-corrected chi connectivity index (χ2v) is 9.27. The van der Waals surface area contributed by atoms with Gasteiger partial charge in [0.05, 0.1) is 18.6 Å². The van der Waals surface area contributed by atoms with Crippen molar-refractivity contribution in [3.05, 3.63) is 66.2 Å². The molecular weight excluding hydrogens is 388 g/mol. The molecule has 0 aliphatic carbocycles. The van der Waals surface area contributed by atoms with Gasteiger partial charge in [-0.05, 0) is 30.5 Å². The van der Waals surface area contributed by atoms with E-state index in [-0.39, 0.29) is 17.6 Å². The molecule has 2 aromatic heterocycles. The van der Waals surface area contributed by atoms with Gasteiger partial charge >= 0.3 is 0 Å². The number of hydrogen-bond donors (Lipinski definition) is 1. The maximum atomic E-state index is 12.9. The number of nitrogens with zero attached hydrogens (tertiary/aromatic N) is 4. The van der Waals surface area contributed by atoms with E-state index in [0.29, 0.717) is 13.1 Å². The normalized spacial score (nSPS) is 18.1. The highest BCUT2D eigenvalue weighted by Crippen LogP contribution is 2.30. The minimum atomic E-state index is -3.60. The van der Waals surface area contributed by atoms with E-state index in [2.05, 4.69) is 4.98 Å². The smallest absolute Gasteiger partial charge is 0.262 e. The lowest BCUT2D eigenvalue weighted by Gasteiger charge is -2.31. The van der Waals surface area contributed by atoms with Crippen molar-refractivity contribution in [2.75, 3.05) is 13.1 Å². The first-order chi connectivity index (χ1) is 14.0. The maximum Gasteiger partial charge on any atom is 0.262 e. The quantitative estimate of drug-likeness (QED) is 0.696. The van der Waals surface area contributed by atoms with E-state index in [1.807, 2.05) is 42.5 Å². The second-order valence-electron chi connectivity index (χ2n) is 7.38. The van der Waals surface area contributed by atoms with E-state index < -0.39 is 10.0 Å². The van der Waals surface area contributed by atoms with Gasteiger partial charge in [0.25, 0.3) is 10.0 Å². The SMILES string of the molecule is Cn1cnc(S(=O)(=O)N2CCCC(c3cccc(-c4ccc(CO)cc4)n3)C2)c1. The summed E-state index contributed by atoms with van der Waals surface area (Å²) >= 11 is 0. The first-order valence-electron chi connectivity index (χ1n) is 9.62. The number of hydrogen-bond acceptors (Lipinski definition) is 5. The number of piperidine rings is 1. The average molecular weight is 413 g/mol. The topological polar surface area (TPSA) is 88.3 Å². The first-order valence-corrected chi connectivity index (χ1v) is 11.1. The third-order valence-electron chi connectivity index (χ3n) is 5.29. The van der Waals surface area contributed by atoms with Crippen LogP contribution in [0.3, 0.4) is 0 Å². The van der Waals surface area contributed by atoms with E-state index >= 15 is 0 Å². The summed E-state index contributed by atoms with van der Waals surface area (Å²) in [5, 5.41) is 9.30. The number of rotatable bonds is 5. The molecule has 1 aliphatic heterocycles. The number of aliphatic hydroxyl groups excluding tert-OH is 1. The third-order valence-corrected chi connectivity index (χ3v) is 7.04. The molecule has 7 nitrogen and oxygen atoms in total. The van der Waals surface area contributed by atoms with Crippen LogP contribution in [0.2, 0.25) is 0 Å². The van der Waals surface area contributed by atoms with Crippen molar-refractivity contribution in [1.82, 2.24) is 18.8 Å². The molecule has 0 bridgehead atoms. The Labute approximate surface area is 170 Å². The third kappa shape index (κ3) is 4.10. The van der Waals surface area contributed by atoms with Gasteiger partial charge in [-0.2, -0.15) is 4.31 Å². The van der Waals surface area contributed by atoms with Crippen LogP contribution >= 0.6 is 0 Å². The molecule has 0 amide bonds. The zero-order valence-corrected chi connectivity index (χ0v) is 17.1. The fourth-order valence-electron chi connectivity index (χ4n) is 3.68. The Morgan fingerprint density at radius 1 is 1.17 bits per heavy atom. The van der Waals surface area contributed by atoms with Gasteiger partial charge in [-0.15, -0.1) is 0 Å². The number of benzene rings is 1. The standard InChI is InChI=1S/C21H24N4O3S/c1-24-13-21(22-15-24)29(27,28)25-11-3-4-18(12-25)20-6-2-5-19(23-20)17-9-7-16(14-26)8-10-17/h2,5-10,13,15,18,26H,3-4,11-12,14H2,1H3. The van der Waals surface area contributed by atoms with Gasteiger partial charge in [0, 0.05) is 43.5 Å². The highest BCUT2D eigenvalue weighted by molar-refractivity contribution is 7.89. The molecule has 3 heterocycles. The Hall–Kier alpha value is -2.55. The molecular formula is C21H24N4O3S. The molecule has 1 unspecified atom stereocenters. The molecule has 1 atom stereocenters. The van der Waals surface area contributed by atoms with Crippen LogP contribution in [-0.4, -0.2) is 45.5 Å². The van der Waals surface area contributed by atoms with Crippen LogP contribution in [0.25, 0.3) is 11.3 Å². The number of aryl methyl sites for hydroxylation is 1. The number of imidazole rings is 1. The first kappa shape index (κ1) is 19.8. The number of aromatic nitrogens is 3. The molecule has 152 valence electrons. The molecule has 3 aromatic rings. The van der Waals surface area contributed by atoms with Crippen molar-refractivity contribution in [2.24, 2.45) is 7.05 Å². The fourth-order valence-corrected chi connectivity index (χ4v) is 5.17. The lowest BCUT2D eigenvalue weighted by atomic mass is 9.95. The van der Waals surface area contributed by atoms with E-state index in [9.17, 15) is 13.5 Å². The number of aliphatic hydroxyl groups is 1. The van der Waals surface area contributed by atoms with Crippen molar-refractivity contribution in [2.45, 2.75) is 30.4 Å². The molecule has 1 aromatic carbocycles. The summed E-state index contributed by atoms with van der Waals surface area (Å²) < 4.78 is 29.0. The van der Waals surface area contributed by atoms with Crippen molar-refractivity contribution >= 4 is 10.0 Å². The molecule has 29 heavy (non-hydrogen) atoms. The van der Waals surface area contributed by atoms with Gasteiger partial charge in [-0.25, -0.2) is 13.4 Å². The highest BCUT2D eigenvalue weighted by atomic mass is 32.2. The summed E-state index contributed by atoms with van der Waals surface area (Å²) in [6.45, 7) is 0.910. The molecule has 1 N–H and O–H groups in total. The molecule has 1 saturated heterocycles. The van der Waals surface area contributed by atoms with Gasteiger partial charge in [-0.3, -0.25) is 4.98 Å². The Balaban J connectivity index is 1.57. The van der Waals surface area contributed by atoms with Crippen LogP contribution < -0.4 is 0 Å². The summed E-state index contributed by atoms with van der Waals surface area (Å²) in [4.78, 5) is 8.84. The van der Waals surface area contributed by atoms with Crippen LogP contribution in [0.4, 0.5) is 0 Å². The highest BCUT2D eigenvalue weighted by Gasteiger charge is 2.32. The van der Waals surface area contributed by atoms with E-state index in [4.69, 9.17) is 4.98 Å². The monoisotopic (exact) mass is 412 g/mol. The summed E-state index contributed by atoms with van der Waals surface area (Å²) in [6.07, 6.45) is 4.72. The summed E-state index contributed by atoms with van der Waals surface area (Å²) in [7, 11) is -1.84. The minimum absolute atomic E-state index is 0.0103. The fraction of sp³-hybridized carbons (Fsp3) is 0.333. The van der Waals surface area contributed by atoms with E-state index in [1.165, 1.54) is 16.8 Å². The largest absolute Gasteiger partial charge is 0.392 e. The average Bonchev–Trinajstić information content (AvgIpc) is 3.21. The van der Waals surface area contributed by atoms with Crippen LogP contribution in [0.1, 0.15) is 30.0 Å². The molecule has 1 fully saturated rings. The maximum absolute atomic E-state index is 12.9. The lowest BCUT2D eigenvalue weighted by Crippen LogP contribution is -2.39. The Kier molecular flexibility index (Phi) is 5.49. The van der Waals surface area contributed by atoms with Gasteiger partial charge in [0.15, 0.2) is 5.03 Å². The van der Waals surface area contributed by atoms with E-state index in [0.717, 1.165) is 35.4 Å². The predicted octanol–water partition coefficient (Wildman–Crippen LogP) is 2.54. The summed E-state index contributed by atoms with van der Waals surface area (Å²) in [5.74, 6) is 0.0407. The van der Waals surface area contributed by atoms with Crippen molar-refractivity contribution in [3.8, 4) is 11.3 Å². The van der Waals surface area contributed by atoms with Gasteiger partial charge in [0.1, 0.15) is 0 Å². The molecule has 0 spiro atoms. The van der Waals surface area contributed by atoms with Gasteiger partial charge < -0.3 is 9.67 Å². The Morgan fingerprint density at radius 2 is 1.97 bits per heavy atom. The lowest BCUT2D eigenvalue weighted by molar-refractivity contribution is 0.282. The zero-order valence-electron chi connectivity index (χ0n) is 16.3. The number of pyridine rings is 1.